The van der Waals surface area contributed by atoms with E-state index in [1.54, 1.807) is 0 Å². The Morgan fingerprint density at radius 3 is 1.65 bits per heavy atom. The molecule has 198 valence electrons. The van der Waals surface area contributed by atoms with Crippen LogP contribution in [0, 0.1) is 6.92 Å². The first-order valence-corrected chi connectivity index (χ1v) is 14.6. The molecule has 0 fully saturated rings. The van der Waals surface area contributed by atoms with Crippen LogP contribution in [0.4, 0.5) is 0 Å². The maximum atomic E-state index is 2.35. The zero-order valence-corrected chi connectivity index (χ0v) is 24.3. The highest BCUT2D eigenvalue weighted by Gasteiger charge is 2.46. The summed E-state index contributed by atoms with van der Waals surface area (Å²) in [6.07, 6.45) is 0. The molecule has 0 bridgehead atoms. The van der Waals surface area contributed by atoms with Gasteiger partial charge in [-0.15, -0.1) is 0 Å². The molecule has 1 aliphatic carbocycles. The van der Waals surface area contributed by atoms with Crippen molar-refractivity contribution in [3.05, 3.63) is 167 Å². The Kier molecular flexibility index (Phi) is 7.99. The van der Waals surface area contributed by atoms with Crippen LogP contribution in [-0.2, 0) is 5.41 Å². The molecule has 0 radical (unpaired) electrons. The molecule has 0 spiro atoms. The Hall–Kier alpha value is -4.42. The Morgan fingerprint density at radius 1 is 0.425 bits per heavy atom. The van der Waals surface area contributed by atoms with Gasteiger partial charge in [0.1, 0.15) is 0 Å². The van der Waals surface area contributed by atoms with Crippen molar-refractivity contribution in [2.45, 2.75) is 40.0 Å². The van der Waals surface area contributed by atoms with Crippen molar-refractivity contribution < 1.29 is 0 Å². The Morgan fingerprint density at radius 2 is 0.975 bits per heavy atom. The van der Waals surface area contributed by atoms with Crippen LogP contribution in [0.5, 0.6) is 0 Å². The molecule has 0 heteroatoms. The van der Waals surface area contributed by atoms with Crippen LogP contribution in [0.2, 0.25) is 0 Å². The second kappa shape index (κ2) is 11.8. The minimum absolute atomic E-state index is 0.363. The van der Waals surface area contributed by atoms with Gasteiger partial charge in [-0.2, -0.15) is 0 Å². The largest absolute Gasteiger partial charge is 0.0713 e. The summed E-state index contributed by atoms with van der Waals surface area (Å²) in [6.45, 7) is 10.2. The zero-order valence-electron chi connectivity index (χ0n) is 24.3. The highest BCUT2D eigenvalue weighted by molar-refractivity contribution is 5.97. The quantitative estimate of drug-likeness (QED) is 0.218. The van der Waals surface area contributed by atoms with Crippen LogP contribution in [-0.4, -0.2) is 0 Å². The fourth-order valence-electron chi connectivity index (χ4n) is 6.27. The first-order chi connectivity index (χ1) is 19.8. The van der Waals surface area contributed by atoms with Gasteiger partial charge in [-0.25, -0.2) is 0 Å². The molecule has 0 heterocycles. The van der Waals surface area contributed by atoms with Crippen molar-refractivity contribution in [3.63, 3.8) is 0 Å². The summed E-state index contributed by atoms with van der Waals surface area (Å²) in [6, 6.07) is 51.4. The molecule has 0 nitrogen and oxygen atoms in total. The predicted molar refractivity (Wildman–Crippen MR) is 174 cm³/mol. The molecule has 0 saturated heterocycles. The van der Waals surface area contributed by atoms with Gasteiger partial charge in [0.2, 0.25) is 0 Å². The minimum atomic E-state index is -0.363. The zero-order chi connectivity index (χ0) is 28.1. The molecule has 7 rings (SSSR count). The molecular formula is C40H38. The lowest BCUT2D eigenvalue weighted by Crippen LogP contribution is -2.28. The van der Waals surface area contributed by atoms with E-state index < -0.39 is 0 Å². The van der Waals surface area contributed by atoms with Crippen molar-refractivity contribution >= 4 is 10.8 Å². The number of rotatable bonds is 3. The van der Waals surface area contributed by atoms with Gasteiger partial charge < -0.3 is 0 Å². The van der Waals surface area contributed by atoms with Gasteiger partial charge in [-0.1, -0.05) is 167 Å². The Balaban J connectivity index is 0.000000774. The SMILES string of the molecule is CC.CC.Cc1ccc2ccc(-c3cccc4c3-c3ccccc3C4(c3ccccc3)c3ccccc3)cc2c1. The molecule has 1 aliphatic rings. The molecule has 6 aromatic carbocycles. The molecule has 0 atom stereocenters. The van der Waals surface area contributed by atoms with Crippen molar-refractivity contribution in [2.24, 2.45) is 0 Å². The summed E-state index contributed by atoms with van der Waals surface area (Å²) >= 11 is 0. The van der Waals surface area contributed by atoms with Crippen LogP contribution in [0.1, 0.15) is 55.5 Å². The van der Waals surface area contributed by atoms with E-state index in [1.165, 1.54) is 60.8 Å². The standard InChI is InChI=1S/C36H26.2C2H6/c1-25-19-20-26-21-22-27(24-28(26)23-25)31-16-10-18-34-35(31)32-15-8-9-17-33(32)36(34,29-11-4-2-5-12-29)30-13-6-3-7-14-30;2*1-2/h2-24H,1H3;2*1-2H3. The molecule has 0 aromatic heterocycles. The monoisotopic (exact) mass is 518 g/mol. The van der Waals surface area contributed by atoms with E-state index in [4.69, 9.17) is 0 Å². The lowest BCUT2D eigenvalue weighted by atomic mass is 9.67. The molecule has 0 unspecified atom stereocenters. The summed E-state index contributed by atoms with van der Waals surface area (Å²) in [5.74, 6) is 0. The molecular weight excluding hydrogens is 480 g/mol. The van der Waals surface area contributed by atoms with Crippen molar-refractivity contribution in [2.75, 3.05) is 0 Å². The van der Waals surface area contributed by atoms with E-state index in [-0.39, 0.29) is 5.41 Å². The van der Waals surface area contributed by atoms with Gasteiger partial charge in [0, 0.05) is 0 Å². The van der Waals surface area contributed by atoms with Crippen LogP contribution < -0.4 is 0 Å². The van der Waals surface area contributed by atoms with Gasteiger partial charge in [0.05, 0.1) is 5.41 Å². The normalized spacial score (nSPS) is 12.3. The number of hydrogen-bond donors (Lipinski definition) is 0. The topological polar surface area (TPSA) is 0 Å². The van der Waals surface area contributed by atoms with Gasteiger partial charge in [-0.3, -0.25) is 0 Å². The first-order valence-electron chi connectivity index (χ1n) is 14.6. The van der Waals surface area contributed by atoms with Crippen LogP contribution >= 0.6 is 0 Å². The number of benzene rings is 6. The van der Waals surface area contributed by atoms with Crippen molar-refractivity contribution in [1.29, 1.82) is 0 Å². The summed E-state index contributed by atoms with van der Waals surface area (Å²) in [4.78, 5) is 0. The lowest BCUT2D eigenvalue weighted by molar-refractivity contribution is 0.768. The fraction of sp³-hybridized carbons (Fsp3) is 0.150. The van der Waals surface area contributed by atoms with Gasteiger partial charge in [0.25, 0.3) is 0 Å². The third-order valence-corrected chi connectivity index (χ3v) is 7.79. The number of aryl methyl sites for hydroxylation is 1. The second-order valence-electron chi connectivity index (χ2n) is 9.82. The summed E-state index contributed by atoms with van der Waals surface area (Å²) < 4.78 is 0. The third kappa shape index (κ3) is 4.34. The number of hydrogen-bond acceptors (Lipinski definition) is 0. The van der Waals surface area contributed by atoms with Crippen LogP contribution in [0.25, 0.3) is 33.0 Å². The molecule has 0 aliphatic heterocycles. The van der Waals surface area contributed by atoms with E-state index in [0.717, 1.165) is 0 Å². The summed E-state index contributed by atoms with van der Waals surface area (Å²) in [5.41, 5.74) is 11.4. The third-order valence-electron chi connectivity index (χ3n) is 7.79. The first kappa shape index (κ1) is 27.2. The molecule has 6 aromatic rings. The van der Waals surface area contributed by atoms with E-state index in [1.807, 2.05) is 27.7 Å². The highest BCUT2D eigenvalue weighted by Crippen LogP contribution is 2.58. The fourth-order valence-corrected chi connectivity index (χ4v) is 6.27. The average molecular weight is 519 g/mol. The van der Waals surface area contributed by atoms with E-state index >= 15 is 0 Å². The maximum Gasteiger partial charge on any atom is 0.0713 e. The van der Waals surface area contributed by atoms with Gasteiger partial charge >= 0.3 is 0 Å². The predicted octanol–water partition coefficient (Wildman–Crippen LogP) is 11.2. The van der Waals surface area contributed by atoms with E-state index in [2.05, 4.69) is 146 Å². The van der Waals surface area contributed by atoms with E-state index in [9.17, 15) is 0 Å². The Labute approximate surface area is 240 Å². The number of fused-ring (bicyclic) bond motifs is 4. The van der Waals surface area contributed by atoms with Crippen molar-refractivity contribution in [3.8, 4) is 22.3 Å². The molecule has 0 amide bonds. The Bertz CT molecular complexity index is 1690. The highest BCUT2D eigenvalue weighted by atomic mass is 14.5. The van der Waals surface area contributed by atoms with E-state index in [0.29, 0.717) is 0 Å². The van der Waals surface area contributed by atoms with Crippen LogP contribution in [0.15, 0.2) is 140 Å². The van der Waals surface area contributed by atoms with Gasteiger partial charge in [0.15, 0.2) is 0 Å². The molecule has 0 saturated carbocycles. The average Bonchev–Trinajstić information content (AvgIpc) is 3.35. The molecule has 0 N–H and O–H groups in total. The molecule has 40 heavy (non-hydrogen) atoms. The lowest BCUT2D eigenvalue weighted by Gasteiger charge is -2.34. The smallest absolute Gasteiger partial charge is 0.0683 e. The maximum absolute atomic E-state index is 2.35. The van der Waals surface area contributed by atoms with Gasteiger partial charge in [-0.05, 0) is 68.3 Å². The second-order valence-corrected chi connectivity index (χ2v) is 9.82. The minimum Gasteiger partial charge on any atom is -0.0683 e. The van der Waals surface area contributed by atoms with Crippen LogP contribution in [0.3, 0.4) is 0 Å². The summed E-state index contributed by atoms with van der Waals surface area (Å²) in [5, 5.41) is 2.56. The summed E-state index contributed by atoms with van der Waals surface area (Å²) in [7, 11) is 0. The van der Waals surface area contributed by atoms with Crippen molar-refractivity contribution in [1.82, 2.24) is 0 Å².